The first kappa shape index (κ1) is 28.3. The third-order valence-electron chi connectivity index (χ3n) is 4.62. The average Bonchev–Trinajstić information content (AvgIpc) is 3.05. The zero-order valence-corrected chi connectivity index (χ0v) is 21.9. The number of carbonyl (C=O) groups is 4. The summed E-state index contributed by atoms with van der Waals surface area (Å²) >= 11 is 2.50. The van der Waals surface area contributed by atoms with Gasteiger partial charge in [0, 0.05) is 5.69 Å². The van der Waals surface area contributed by atoms with Gasteiger partial charge in [0.05, 0.1) is 20.6 Å². The molecule has 3 rings (SSSR count). The fourth-order valence-corrected chi connectivity index (χ4v) is 4.73. The highest BCUT2D eigenvalue weighted by Gasteiger charge is 2.36. The topological polar surface area (TPSA) is 122 Å². The number of carbonyl (C=O) groups excluding carboxylic acids is 3. The van der Waals surface area contributed by atoms with Crippen LogP contribution in [0.5, 0.6) is 11.5 Å². The minimum absolute atomic E-state index is 0.00863. The van der Waals surface area contributed by atoms with Crippen molar-refractivity contribution < 1.29 is 46.9 Å². The molecular weight excluding hydrogens is 632 g/mol. The molecule has 0 bridgehead atoms. The third-order valence-corrected chi connectivity index (χ3v) is 6.33. The zero-order valence-electron chi connectivity index (χ0n) is 18.9. The number of alkyl halides is 3. The number of ether oxygens (including phenoxy) is 2. The van der Waals surface area contributed by atoms with Crippen LogP contribution in [0.3, 0.4) is 0 Å². The Morgan fingerprint density at radius 1 is 1.19 bits per heavy atom. The molecule has 9 nitrogen and oxygen atoms in total. The van der Waals surface area contributed by atoms with E-state index in [4.69, 9.17) is 14.6 Å². The molecule has 2 aromatic rings. The molecule has 37 heavy (non-hydrogen) atoms. The number of rotatable bonds is 9. The van der Waals surface area contributed by atoms with Crippen molar-refractivity contribution in [1.29, 1.82) is 0 Å². The molecule has 0 radical (unpaired) electrons. The van der Waals surface area contributed by atoms with Gasteiger partial charge >= 0.3 is 12.1 Å². The van der Waals surface area contributed by atoms with Gasteiger partial charge in [-0.15, -0.1) is 0 Å². The lowest BCUT2D eigenvalue weighted by Gasteiger charge is -2.14. The summed E-state index contributed by atoms with van der Waals surface area (Å²) in [7, 11) is 0. The number of nitrogens with one attached hydrogen (secondary N) is 1. The first-order chi connectivity index (χ1) is 17.4. The normalized spacial score (nSPS) is 14.7. The summed E-state index contributed by atoms with van der Waals surface area (Å²) in [6, 6.07) is 7.07. The van der Waals surface area contributed by atoms with Crippen LogP contribution in [0, 0.1) is 3.57 Å². The molecule has 2 aromatic carbocycles. The van der Waals surface area contributed by atoms with E-state index in [0.29, 0.717) is 25.8 Å². The number of imide groups is 1. The maximum atomic E-state index is 12.9. The van der Waals surface area contributed by atoms with Crippen LogP contribution in [0.4, 0.5) is 23.7 Å². The average molecular weight is 650 g/mol. The van der Waals surface area contributed by atoms with Gasteiger partial charge in [-0.25, -0.2) is 4.79 Å². The molecule has 1 fully saturated rings. The Hall–Kier alpha value is -3.27. The van der Waals surface area contributed by atoms with Crippen LogP contribution >= 0.6 is 34.4 Å². The molecule has 1 aliphatic heterocycles. The number of hydrogen-bond acceptors (Lipinski definition) is 7. The van der Waals surface area contributed by atoms with Crippen LogP contribution in [-0.2, 0) is 20.6 Å². The van der Waals surface area contributed by atoms with Crippen molar-refractivity contribution in [2.45, 2.75) is 13.1 Å². The van der Waals surface area contributed by atoms with Crippen molar-refractivity contribution in [3.8, 4) is 11.5 Å². The Bertz CT molecular complexity index is 1280. The standard InChI is InChI=1S/C23H18F3IN2O7S/c1-2-35-16-7-12(6-15(27)20(16)36-11-19(31)32)8-17-21(33)29(22(34)37-17)10-18(30)28-14-5-3-4-13(9-14)23(24,25)26/h3-9H,2,10-11H2,1H3,(H,28,30)(H,31,32)/b17-8-. The predicted molar refractivity (Wildman–Crippen MR) is 136 cm³/mol. The van der Waals surface area contributed by atoms with Gasteiger partial charge in [-0.05, 0) is 83.2 Å². The lowest BCUT2D eigenvalue weighted by atomic mass is 10.2. The third kappa shape index (κ3) is 7.38. The van der Waals surface area contributed by atoms with Crippen LogP contribution in [0.15, 0.2) is 41.3 Å². The van der Waals surface area contributed by atoms with Gasteiger partial charge in [0.1, 0.15) is 6.54 Å². The van der Waals surface area contributed by atoms with E-state index < -0.39 is 47.9 Å². The van der Waals surface area contributed by atoms with Crippen molar-refractivity contribution >= 4 is 69.1 Å². The number of amides is 3. The molecule has 0 saturated carbocycles. The first-order valence-corrected chi connectivity index (χ1v) is 12.3. The Morgan fingerprint density at radius 2 is 1.92 bits per heavy atom. The quantitative estimate of drug-likeness (QED) is 0.292. The van der Waals surface area contributed by atoms with Crippen LogP contribution in [0.25, 0.3) is 6.08 Å². The van der Waals surface area contributed by atoms with Crippen molar-refractivity contribution in [2.75, 3.05) is 25.1 Å². The van der Waals surface area contributed by atoms with E-state index >= 15 is 0 Å². The van der Waals surface area contributed by atoms with E-state index in [1.54, 1.807) is 13.0 Å². The number of halogens is 4. The lowest BCUT2D eigenvalue weighted by Crippen LogP contribution is -2.36. The van der Waals surface area contributed by atoms with Gasteiger partial charge in [0.25, 0.3) is 11.1 Å². The van der Waals surface area contributed by atoms with Gasteiger partial charge < -0.3 is 19.9 Å². The number of benzene rings is 2. The minimum atomic E-state index is -4.60. The molecule has 0 aliphatic carbocycles. The molecule has 1 saturated heterocycles. The number of anilines is 1. The van der Waals surface area contributed by atoms with E-state index in [0.717, 1.165) is 18.2 Å². The molecule has 0 aromatic heterocycles. The van der Waals surface area contributed by atoms with Crippen LogP contribution in [0.2, 0.25) is 0 Å². The van der Waals surface area contributed by atoms with Crippen molar-refractivity contribution in [2.24, 2.45) is 0 Å². The maximum absolute atomic E-state index is 12.9. The summed E-state index contributed by atoms with van der Waals surface area (Å²) < 4.78 is 50.0. The summed E-state index contributed by atoms with van der Waals surface area (Å²) in [5, 5.41) is 10.4. The van der Waals surface area contributed by atoms with E-state index in [1.807, 2.05) is 22.6 Å². The highest BCUT2D eigenvalue weighted by molar-refractivity contribution is 14.1. The highest BCUT2D eigenvalue weighted by Crippen LogP contribution is 2.37. The van der Waals surface area contributed by atoms with Crippen molar-refractivity contribution in [1.82, 2.24) is 4.90 Å². The predicted octanol–water partition coefficient (Wildman–Crippen LogP) is 4.85. The monoisotopic (exact) mass is 650 g/mol. The van der Waals surface area contributed by atoms with Gasteiger partial charge in [-0.2, -0.15) is 13.2 Å². The Labute approximate surface area is 226 Å². The largest absolute Gasteiger partial charge is 0.490 e. The van der Waals surface area contributed by atoms with Crippen LogP contribution in [-0.4, -0.2) is 52.8 Å². The van der Waals surface area contributed by atoms with Crippen LogP contribution < -0.4 is 14.8 Å². The molecular formula is C23H18F3IN2O7S. The maximum Gasteiger partial charge on any atom is 0.416 e. The summed E-state index contributed by atoms with van der Waals surface area (Å²) in [5.41, 5.74) is -0.639. The summed E-state index contributed by atoms with van der Waals surface area (Å²) in [5.74, 6) is -2.33. The van der Waals surface area contributed by atoms with Crippen LogP contribution in [0.1, 0.15) is 18.1 Å². The molecule has 1 aliphatic rings. The molecule has 3 amide bonds. The highest BCUT2D eigenvalue weighted by atomic mass is 127. The van der Waals surface area contributed by atoms with E-state index in [1.165, 1.54) is 18.2 Å². The smallest absolute Gasteiger partial charge is 0.416 e. The number of aliphatic carboxylic acids is 1. The number of carboxylic acids is 1. The Morgan fingerprint density at radius 3 is 2.57 bits per heavy atom. The van der Waals surface area contributed by atoms with Crippen molar-refractivity contribution in [3.63, 3.8) is 0 Å². The molecule has 0 unspecified atom stereocenters. The van der Waals surface area contributed by atoms with E-state index in [2.05, 4.69) is 5.32 Å². The first-order valence-electron chi connectivity index (χ1n) is 10.4. The van der Waals surface area contributed by atoms with Gasteiger partial charge in [0.15, 0.2) is 18.1 Å². The fraction of sp³-hybridized carbons (Fsp3) is 0.217. The fourth-order valence-electron chi connectivity index (χ4n) is 3.11. The SMILES string of the molecule is CCOc1cc(/C=C2\SC(=O)N(CC(=O)Nc3cccc(C(F)(F)F)c3)C2=O)cc(I)c1OCC(=O)O. The summed E-state index contributed by atoms with van der Waals surface area (Å²) in [4.78, 5) is 49.1. The summed E-state index contributed by atoms with van der Waals surface area (Å²) in [6.45, 7) is 0.690. The van der Waals surface area contributed by atoms with E-state index in [-0.39, 0.29) is 28.7 Å². The number of thioether (sulfide) groups is 1. The zero-order chi connectivity index (χ0) is 27.3. The van der Waals surface area contributed by atoms with Crippen molar-refractivity contribution in [3.05, 3.63) is 56.0 Å². The van der Waals surface area contributed by atoms with Gasteiger partial charge in [-0.1, -0.05) is 6.07 Å². The molecule has 0 atom stereocenters. The molecule has 196 valence electrons. The number of nitrogens with zero attached hydrogens (tertiary/aromatic N) is 1. The Kier molecular flexibility index (Phi) is 9.07. The molecule has 0 spiro atoms. The molecule has 1 heterocycles. The number of hydrogen-bond donors (Lipinski definition) is 2. The molecule has 2 N–H and O–H groups in total. The summed E-state index contributed by atoms with van der Waals surface area (Å²) in [6.07, 6.45) is -3.19. The Balaban J connectivity index is 1.76. The van der Waals surface area contributed by atoms with E-state index in [9.17, 15) is 32.3 Å². The van der Waals surface area contributed by atoms with Gasteiger partial charge in [0.2, 0.25) is 5.91 Å². The molecule has 14 heteroatoms. The second-order valence-electron chi connectivity index (χ2n) is 7.34. The second kappa shape index (κ2) is 11.9. The number of carboxylic acid groups (broad SMARTS) is 1. The lowest BCUT2D eigenvalue weighted by molar-refractivity contribution is -0.139. The minimum Gasteiger partial charge on any atom is -0.490 e. The van der Waals surface area contributed by atoms with Gasteiger partial charge in [-0.3, -0.25) is 19.3 Å². The second-order valence-corrected chi connectivity index (χ2v) is 9.50.